The molecule has 1 rings (SSSR count). The zero-order valence-corrected chi connectivity index (χ0v) is 9.95. The third-order valence-electron chi connectivity index (χ3n) is 2.42. The van der Waals surface area contributed by atoms with Gasteiger partial charge in [-0.1, -0.05) is 19.9 Å². The number of benzene rings is 1. The molecule has 2 heteroatoms. The van der Waals surface area contributed by atoms with Gasteiger partial charge in [-0.2, -0.15) is 0 Å². The summed E-state index contributed by atoms with van der Waals surface area (Å²) >= 11 is 0. The van der Waals surface area contributed by atoms with E-state index in [4.69, 9.17) is 4.74 Å². The molecule has 84 valence electrons. The van der Waals surface area contributed by atoms with Crippen molar-refractivity contribution in [3.8, 4) is 5.75 Å². The van der Waals surface area contributed by atoms with E-state index in [1.165, 1.54) is 5.56 Å². The van der Waals surface area contributed by atoms with E-state index in [1.807, 2.05) is 6.07 Å². The van der Waals surface area contributed by atoms with Crippen LogP contribution >= 0.6 is 0 Å². The first-order chi connectivity index (χ1) is 7.02. The van der Waals surface area contributed by atoms with Crippen LogP contribution in [0.1, 0.15) is 37.8 Å². The Kier molecular flexibility index (Phi) is 4.15. The molecule has 1 unspecified atom stereocenters. The Morgan fingerprint density at radius 2 is 1.87 bits per heavy atom. The minimum atomic E-state index is -0.308. The lowest BCUT2D eigenvalue weighted by atomic mass is 9.98. The molecule has 15 heavy (non-hydrogen) atoms. The molecule has 0 saturated carbocycles. The molecule has 1 aromatic carbocycles. The van der Waals surface area contributed by atoms with E-state index < -0.39 is 0 Å². The van der Waals surface area contributed by atoms with E-state index in [-0.39, 0.29) is 6.10 Å². The summed E-state index contributed by atoms with van der Waals surface area (Å²) in [6.07, 6.45) is 0.369. The molecule has 1 aromatic rings. The van der Waals surface area contributed by atoms with Crippen LogP contribution in [0.15, 0.2) is 18.2 Å². The molecule has 2 nitrogen and oxygen atoms in total. The van der Waals surface area contributed by atoms with Gasteiger partial charge in [0.2, 0.25) is 0 Å². The number of hydrogen-bond donors (Lipinski definition) is 1. The molecule has 1 atom stereocenters. The average Bonchev–Trinajstić information content (AvgIpc) is 2.16. The van der Waals surface area contributed by atoms with Crippen LogP contribution in [0.4, 0.5) is 0 Å². The van der Waals surface area contributed by atoms with Gasteiger partial charge >= 0.3 is 0 Å². The van der Waals surface area contributed by atoms with Crippen LogP contribution in [-0.2, 0) is 6.42 Å². The van der Waals surface area contributed by atoms with Gasteiger partial charge in [0.05, 0.1) is 13.2 Å². The molecule has 0 aliphatic rings. The number of rotatable bonds is 4. The Morgan fingerprint density at radius 1 is 1.20 bits per heavy atom. The molecule has 0 fully saturated rings. The van der Waals surface area contributed by atoms with Crippen LogP contribution in [0.3, 0.4) is 0 Å². The quantitative estimate of drug-likeness (QED) is 0.824. The molecule has 0 amide bonds. The summed E-state index contributed by atoms with van der Waals surface area (Å²) in [5, 5.41) is 9.36. The van der Waals surface area contributed by atoms with Crippen LogP contribution in [0, 0.1) is 0 Å². The SMILES string of the molecule is COc1cc(CC(C)O)cc(C(C)C)c1. The Labute approximate surface area is 91.9 Å². The van der Waals surface area contributed by atoms with Crippen molar-refractivity contribution in [2.75, 3.05) is 7.11 Å². The predicted octanol–water partition coefficient (Wildman–Crippen LogP) is 2.74. The van der Waals surface area contributed by atoms with Crippen LogP contribution < -0.4 is 4.74 Å². The molecule has 0 radical (unpaired) electrons. The highest BCUT2D eigenvalue weighted by molar-refractivity contribution is 5.36. The Balaban J connectivity index is 3.00. The van der Waals surface area contributed by atoms with Crippen molar-refractivity contribution in [1.82, 2.24) is 0 Å². The molecule has 0 spiro atoms. The summed E-state index contributed by atoms with van der Waals surface area (Å²) in [6.45, 7) is 6.11. The van der Waals surface area contributed by atoms with Crippen molar-refractivity contribution >= 4 is 0 Å². The summed E-state index contributed by atoms with van der Waals surface area (Å²) in [5.41, 5.74) is 2.39. The van der Waals surface area contributed by atoms with E-state index in [9.17, 15) is 5.11 Å². The zero-order chi connectivity index (χ0) is 11.4. The molecule has 0 aromatic heterocycles. The second-order valence-corrected chi connectivity index (χ2v) is 4.32. The molecular weight excluding hydrogens is 188 g/mol. The van der Waals surface area contributed by atoms with Crippen molar-refractivity contribution in [2.45, 2.75) is 39.2 Å². The molecule has 0 aliphatic carbocycles. The maximum atomic E-state index is 9.36. The van der Waals surface area contributed by atoms with Crippen LogP contribution in [0.25, 0.3) is 0 Å². The van der Waals surface area contributed by atoms with Gasteiger partial charge in [0.15, 0.2) is 0 Å². The predicted molar refractivity (Wildman–Crippen MR) is 62.5 cm³/mol. The van der Waals surface area contributed by atoms with Crippen molar-refractivity contribution in [2.24, 2.45) is 0 Å². The van der Waals surface area contributed by atoms with Gasteiger partial charge in [-0.25, -0.2) is 0 Å². The first-order valence-corrected chi connectivity index (χ1v) is 5.39. The number of aliphatic hydroxyl groups excluding tert-OH is 1. The molecular formula is C13H20O2. The average molecular weight is 208 g/mol. The fourth-order valence-corrected chi connectivity index (χ4v) is 1.60. The third kappa shape index (κ3) is 3.56. The standard InChI is InChI=1S/C13H20O2/c1-9(2)12-6-11(5-10(3)14)7-13(8-12)15-4/h6-10,14H,5H2,1-4H3. The lowest BCUT2D eigenvalue weighted by molar-refractivity contribution is 0.195. The summed E-state index contributed by atoms with van der Waals surface area (Å²) < 4.78 is 5.25. The molecule has 0 saturated heterocycles. The Morgan fingerprint density at radius 3 is 2.33 bits per heavy atom. The Hall–Kier alpha value is -1.02. The highest BCUT2D eigenvalue weighted by Gasteiger charge is 2.06. The zero-order valence-electron chi connectivity index (χ0n) is 9.95. The molecule has 0 bridgehead atoms. The minimum Gasteiger partial charge on any atom is -0.497 e. The maximum Gasteiger partial charge on any atom is 0.119 e. The fraction of sp³-hybridized carbons (Fsp3) is 0.538. The Bertz CT molecular complexity index is 316. The lowest BCUT2D eigenvalue weighted by Crippen LogP contribution is -2.05. The summed E-state index contributed by atoms with van der Waals surface area (Å²) in [4.78, 5) is 0. The monoisotopic (exact) mass is 208 g/mol. The van der Waals surface area contributed by atoms with Gasteiger partial charge < -0.3 is 9.84 Å². The lowest BCUT2D eigenvalue weighted by Gasteiger charge is -2.12. The van der Waals surface area contributed by atoms with Crippen LogP contribution in [0.5, 0.6) is 5.75 Å². The number of methoxy groups -OCH3 is 1. The van der Waals surface area contributed by atoms with Gasteiger partial charge in [-0.05, 0) is 42.5 Å². The number of hydrogen-bond acceptors (Lipinski definition) is 2. The fourth-order valence-electron chi connectivity index (χ4n) is 1.60. The number of aliphatic hydroxyl groups is 1. The topological polar surface area (TPSA) is 29.5 Å². The van der Waals surface area contributed by atoms with Gasteiger partial charge in [-0.3, -0.25) is 0 Å². The smallest absolute Gasteiger partial charge is 0.119 e. The summed E-state index contributed by atoms with van der Waals surface area (Å²) in [7, 11) is 1.67. The maximum absolute atomic E-state index is 9.36. The highest BCUT2D eigenvalue weighted by atomic mass is 16.5. The molecule has 0 heterocycles. The van der Waals surface area contributed by atoms with Gasteiger partial charge in [0.1, 0.15) is 5.75 Å². The molecule has 0 aliphatic heterocycles. The first-order valence-electron chi connectivity index (χ1n) is 5.39. The van der Waals surface area contributed by atoms with E-state index in [0.29, 0.717) is 12.3 Å². The van der Waals surface area contributed by atoms with E-state index >= 15 is 0 Å². The number of ether oxygens (including phenoxy) is 1. The van der Waals surface area contributed by atoms with E-state index in [2.05, 4.69) is 26.0 Å². The van der Waals surface area contributed by atoms with Crippen molar-refractivity contribution in [3.05, 3.63) is 29.3 Å². The largest absolute Gasteiger partial charge is 0.497 e. The molecule has 1 N–H and O–H groups in total. The normalized spacial score (nSPS) is 12.9. The second-order valence-electron chi connectivity index (χ2n) is 4.32. The minimum absolute atomic E-state index is 0.308. The summed E-state index contributed by atoms with van der Waals surface area (Å²) in [6, 6.07) is 6.18. The van der Waals surface area contributed by atoms with Crippen molar-refractivity contribution < 1.29 is 9.84 Å². The van der Waals surface area contributed by atoms with Crippen LogP contribution in [0.2, 0.25) is 0 Å². The first kappa shape index (κ1) is 12.1. The van der Waals surface area contributed by atoms with Gasteiger partial charge in [-0.15, -0.1) is 0 Å². The van der Waals surface area contributed by atoms with E-state index in [1.54, 1.807) is 14.0 Å². The highest BCUT2D eigenvalue weighted by Crippen LogP contribution is 2.23. The van der Waals surface area contributed by atoms with Gasteiger partial charge in [0.25, 0.3) is 0 Å². The van der Waals surface area contributed by atoms with Gasteiger partial charge in [0, 0.05) is 0 Å². The van der Waals surface area contributed by atoms with Crippen LogP contribution in [-0.4, -0.2) is 18.3 Å². The van der Waals surface area contributed by atoms with E-state index in [0.717, 1.165) is 11.3 Å². The van der Waals surface area contributed by atoms with Crippen molar-refractivity contribution in [1.29, 1.82) is 0 Å². The van der Waals surface area contributed by atoms with Crippen molar-refractivity contribution in [3.63, 3.8) is 0 Å². The third-order valence-corrected chi connectivity index (χ3v) is 2.42. The second kappa shape index (κ2) is 5.17. The summed E-state index contributed by atoms with van der Waals surface area (Å²) in [5.74, 6) is 1.35.